The predicted octanol–water partition coefficient (Wildman–Crippen LogP) is 3.19. The van der Waals surface area contributed by atoms with Crippen molar-refractivity contribution in [1.82, 2.24) is 0 Å². The molecule has 0 saturated carbocycles. The zero-order valence-electron chi connectivity index (χ0n) is 9.19. The van der Waals surface area contributed by atoms with Gasteiger partial charge in [-0.1, -0.05) is 0 Å². The van der Waals surface area contributed by atoms with Crippen molar-refractivity contribution in [3.05, 3.63) is 71.8 Å². The Morgan fingerprint density at radius 2 is 1.06 bits per heavy atom. The molecule has 0 bridgehead atoms. The normalized spacial score (nSPS) is 10.1. The SMILES string of the molecule is [Ti+2]=[C](Cc1ccccc1)Cc1ccccc1. The second kappa shape index (κ2) is 5.93. The number of hydrogen-bond acceptors (Lipinski definition) is 0. The Morgan fingerprint density at radius 3 is 1.44 bits per heavy atom. The minimum atomic E-state index is 1.08. The molecule has 0 spiro atoms. The van der Waals surface area contributed by atoms with E-state index in [0.717, 1.165) is 12.8 Å². The maximum absolute atomic E-state index is 2.24. The quantitative estimate of drug-likeness (QED) is 0.722. The van der Waals surface area contributed by atoms with Crippen LogP contribution >= 0.6 is 0 Å². The first-order valence-electron chi connectivity index (χ1n) is 5.49. The molecule has 2 aromatic rings. The third kappa shape index (κ3) is 3.55. The van der Waals surface area contributed by atoms with Gasteiger partial charge in [-0.2, -0.15) is 0 Å². The summed E-state index contributed by atoms with van der Waals surface area (Å²) in [6.07, 6.45) is 2.16. The van der Waals surface area contributed by atoms with Gasteiger partial charge in [0.2, 0.25) is 0 Å². The van der Waals surface area contributed by atoms with E-state index in [0.29, 0.717) is 0 Å². The molecule has 0 aliphatic rings. The van der Waals surface area contributed by atoms with Crippen molar-refractivity contribution in [2.45, 2.75) is 12.8 Å². The number of hydrogen-bond donors (Lipinski definition) is 0. The molecule has 0 fully saturated rings. The first-order chi connectivity index (χ1) is 7.84. The Hall–Kier alpha value is -0.976. The fourth-order valence-electron chi connectivity index (χ4n) is 1.75. The van der Waals surface area contributed by atoms with Crippen LogP contribution in [0, 0.1) is 0 Å². The van der Waals surface area contributed by atoms with Crippen LogP contribution in [-0.2, 0) is 32.8 Å². The van der Waals surface area contributed by atoms with E-state index in [-0.39, 0.29) is 0 Å². The Morgan fingerprint density at radius 1 is 0.688 bits per heavy atom. The van der Waals surface area contributed by atoms with Gasteiger partial charge in [0, 0.05) is 0 Å². The first kappa shape index (κ1) is 11.5. The zero-order valence-corrected chi connectivity index (χ0v) is 10.7. The second-order valence-electron chi connectivity index (χ2n) is 3.93. The van der Waals surface area contributed by atoms with Crippen LogP contribution < -0.4 is 0 Å². The van der Waals surface area contributed by atoms with Crippen LogP contribution in [-0.4, -0.2) is 3.81 Å². The summed E-state index contributed by atoms with van der Waals surface area (Å²) in [5, 5.41) is 0. The molecule has 0 amide bonds. The fraction of sp³-hybridized carbons (Fsp3) is 0.133. The van der Waals surface area contributed by atoms with E-state index >= 15 is 0 Å². The van der Waals surface area contributed by atoms with E-state index < -0.39 is 0 Å². The molecule has 1 heteroatoms. The summed E-state index contributed by atoms with van der Waals surface area (Å²) in [4.78, 5) is 0. The van der Waals surface area contributed by atoms with Gasteiger partial charge in [0.05, 0.1) is 0 Å². The molecule has 0 heterocycles. The summed E-state index contributed by atoms with van der Waals surface area (Å²) in [5.41, 5.74) is 2.80. The summed E-state index contributed by atoms with van der Waals surface area (Å²) in [7, 11) is 0. The van der Waals surface area contributed by atoms with Gasteiger partial charge in [-0.15, -0.1) is 0 Å². The molecule has 0 atom stereocenters. The molecular formula is C15H14Ti+2. The molecule has 0 aliphatic carbocycles. The topological polar surface area (TPSA) is 0 Å². The fourth-order valence-corrected chi connectivity index (χ4v) is 2.38. The monoisotopic (exact) mass is 242 g/mol. The van der Waals surface area contributed by atoms with E-state index in [1.54, 1.807) is 0 Å². The number of benzene rings is 2. The van der Waals surface area contributed by atoms with Gasteiger partial charge in [0.25, 0.3) is 0 Å². The predicted molar refractivity (Wildman–Crippen MR) is 65.3 cm³/mol. The van der Waals surface area contributed by atoms with Crippen molar-refractivity contribution in [2.75, 3.05) is 0 Å². The molecule has 0 radical (unpaired) electrons. The summed E-state index contributed by atoms with van der Waals surface area (Å²) in [5.74, 6) is 0. The van der Waals surface area contributed by atoms with Crippen molar-refractivity contribution in [1.29, 1.82) is 0 Å². The maximum atomic E-state index is 2.24. The van der Waals surface area contributed by atoms with Gasteiger partial charge in [0.15, 0.2) is 0 Å². The van der Waals surface area contributed by atoms with Gasteiger partial charge in [-0.3, -0.25) is 0 Å². The molecule has 16 heavy (non-hydrogen) atoms. The Labute approximate surface area is 108 Å². The summed E-state index contributed by atoms with van der Waals surface area (Å²) < 4.78 is 1.51. The van der Waals surface area contributed by atoms with Gasteiger partial charge >= 0.3 is 108 Å². The zero-order chi connectivity index (χ0) is 11.2. The van der Waals surface area contributed by atoms with Gasteiger partial charge < -0.3 is 0 Å². The van der Waals surface area contributed by atoms with Gasteiger partial charge in [0.1, 0.15) is 0 Å². The van der Waals surface area contributed by atoms with E-state index in [4.69, 9.17) is 0 Å². The van der Waals surface area contributed by atoms with Crippen molar-refractivity contribution in [3.63, 3.8) is 0 Å². The second-order valence-corrected chi connectivity index (χ2v) is 5.03. The first-order valence-corrected chi connectivity index (χ1v) is 6.27. The average Bonchev–Trinajstić information content (AvgIpc) is 2.31. The molecule has 2 aromatic carbocycles. The van der Waals surface area contributed by atoms with Crippen LogP contribution in [0.1, 0.15) is 11.1 Å². The Kier molecular flexibility index (Phi) is 4.27. The van der Waals surface area contributed by atoms with Crippen LogP contribution in [0.3, 0.4) is 0 Å². The van der Waals surface area contributed by atoms with E-state index in [1.807, 2.05) is 0 Å². The minimum absolute atomic E-state index is 1.08. The van der Waals surface area contributed by atoms with Crippen LogP contribution in [0.2, 0.25) is 0 Å². The average molecular weight is 242 g/mol. The summed E-state index contributed by atoms with van der Waals surface area (Å²) >= 11 is 2.24. The molecule has 0 aromatic heterocycles. The van der Waals surface area contributed by atoms with Gasteiger partial charge in [-0.05, 0) is 0 Å². The third-order valence-corrected chi connectivity index (χ3v) is 3.07. The molecule has 0 aliphatic heterocycles. The molecule has 0 saturated heterocycles. The van der Waals surface area contributed by atoms with Crippen molar-refractivity contribution in [2.24, 2.45) is 0 Å². The Bertz CT molecular complexity index is 402. The van der Waals surface area contributed by atoms with Crippen LogP contribution in [0.4, 0.5) is 0 Å². The van der Waals surface area contributed by atoms with Crippen LogP contribution in [0.15, 0.2) is 60.7 Å². The van der Waals surface area contributed by atoms with E-state index in [2.05, 4.69) is 80.6 Å². The summed E-state index contributed by atoms with van der Waals surface area (Å²) in [6.45, 7) is 0. The van der Waals surface area contributed by atoms with Crippen molar-refractivity contribution < 1.29 is 20.0 Å². The molecule has 0 nitrogen and oxygen atoms in total. The number of rotatable bonds is 4. The molecular weight excluding hydrogens is 228 g/mol. The summed E-state index contributed by atoms with van der Waals surface area (Å²) in [6, 6.07) is 21.3. The van der Waals surface area contributed by atoms with Crippen molar-refractivity contribution >= 4 is 3.81 Å². The molecule has 2 rings (SSSR count). The van der Waals surface area contributed by atoms with Crippen LogP contribution in [0.5, 0.6) is 0 Å². The van der Waals surface area contributed by atoms with E-state index in [9.17, 15) is 0 Å². The van der Waals surface area contributed by atoms with E-state index in [1.165, 1.54) is 14.9 Å². The Balaban J connectivity index is 1.95. The molecule has 76 valence electrons. The van der Waals surface area contributed by atoms with Crippen LogP contribution in [0.25, 0.3) is 0 Å². The molecule has 0 unspecified atom stereocenters. The van der Waals surface area contributed by atoms with Crippen molar-refractivity contribution in [3.8, 4) is 0 Å². The van der Waals surface area contributed by atoms with Gasteiger partial charge in [-0.25, -0.2) is 0 Å². The molecule has 0 N–H and O–H groups in total. The third-order valence-electron chi connectivity index (χ3n) is 2.52. The standard InChI is InChI=1S/C15H14.Ti/c1-3-8-14(9-4-1)12-7-13-15-10-5-2-6-11-15;/h1-6,8-11H,12-13H2;/q;+2.